The van der Waals surface area contributed by atoms with Gasteiger partial charge in [0.1, 0.15) is 12.2 Å². The first-order chi connectivity index (χ1) is 12.1. The van der Waals surface area contributed by atoms with Crippen molar-refractivity contribution >= 4 is 11.6 Å². The van der Waals surface area contributed by atoms with E-state index in [1.54, 1.807) is 19.3 Å². The molecule has 0 aromatic carbocycles. The fraction of sp³-hybridized carbons (Fsp3) is 0.389. The number of ether oxygens (including phenoxy) is 1. The largest absolute Gasteiger partial charge is 0.466 e. The third-order valence-electron chi connectivity index (χ3n) is 4.13. The first-order valence-corrected chi connectivity index (χ1v) is 8.44. The van der Waals surface area contributed by atoms with Gasteiger partial charge in [-0.3, -0.25) is 14.2 Å². The molecule has 7 heteroatoms. The van der Waals surface area contributed by atoms with E-state index in [1.807, 2.05) is 22.7 Å². The standard InChI is InChI=1S/C18H21N5O2/c1-4-12(3)17-18-22-21-15(9-16(24)25-5-2)23(18)11-14(20-17)13-7-6-8-19-10-13/h6-8,10-12H,4-5,9H2,1-3H3. The van der Waals surface area contributed by atoms with Gasteiger partial charge in [0, 0.05) is 30.1 Å². The van der Waals surface area contributed by atoms with Crippen molar-refractivity contribution in [1.29, 1.82) is 0 Å². The van der Waals surface area contributed by atoms with Gasteiger partial charge in [-0.25, -0.2) is 4.98 Å². The molecule has 0 saturated carbocycles. The summed E-state index contributed by atoms with van der Waals surface area (Å²) >= 11 is 0. The van der Waals surface area contributed by atoms with Crippen LogP contribution in [0.5, 0.6) is 0 Å². The number of carbonyl (C=O) groups excluding carboxylic acids is 1. The highest BCUT2D eigenvalue weighted by Gasteiger charge is 2.19. The summed E-state index contributed by atoms with van der Waals surface area (Å²) in [5.74, 6) is 0.450. The number of rotatable bonds is 6. The van der Waals surface area contributed by atoms with Gasteiger partial charge in [0.05, 0.1) is 18.0 Å². The average Bonchev–Trinajstić information content (AvgIpc) is 3.04. The second kappa shape index (κ2) is 7.38. The van der Waals surface area contributed by atoms with Crippen molar-refractivity contribution < 1.29 is 9.53 Å². The van der Waals surface area contributed by atoms with E-state index in [4.69, 9.17) is 9.72 Å². The summed E-state index contributed by atoms with van der Waals surface area (Å²) in [5, 5.41) is 8.45. The van der Waals surface area contributed by atoms with Crippen molar-refractivity contribution in [2.45, 2.75) is 39.5 Å². The van der Waals surface area contributed by atoms with Gasteiger partial charge in [0.15, 0.2) is 5.65 Å². The Bertz CT molecular complexity index is 876. The fourth-order valence-corrected chi connectivity index (χ4v) is 2.60. The molecule has 0 bridgehead atoms. The molecule has 1 unspecified atom stereocenters. The molecule has 0 spiro atoms. The molecule has 25 heavy (non-hydrogen) atoms. The van der Waals surface area contributed by atoms with Crippen molar-refractivity contribution in [1.82, 2.24) is 24.6 Å². The highest BCUT2D eigenvalue weighted by atomic mass is 16.5. The van der Waals surface area contributed by atoms with Gasteiger partial charge in [-0.05, 0) is 25.5 Å². The third kappa shape index (κ3) is 3.50. The Morgan fingerprint density at radius 3 is 2.84 bits per heavy atom. The number of hydrogen-bond acceptors (Lipinski definition) is 6. The summed E-state index contributed by atoms with van der Waals surface area (Å²) in [7, 11) is 0. The molecule has 130 valence electrons. The Kier molecular flexibility index (Phi) is 5.02. The van der Waals surface area contributed by atoms with E-state index in [0.29, 0.717) is 18.1 Å². The van der Waals surface area contributed by atoms with Crippen LogP contribution in [0.4, 0.5) is 0 Å². The molecule has 3 rings (SSSR count). The molecule has 0 aliphatic heterocycles. The van der Waals surface area contributed by atoms with Gasteiger partial charge < -0.3 is 4.74 Å². The Balaban J connectivity index is 2.14. The maximum absolute atomic E-state index is 11.9. The molecular formula is C18H21N5O2. The topological polar surface area (TPSA) is 82.3 Å². The van der Waals surface area contributed by atoms with Gasteiger partial charge >= 0.3 is 5.97 Å². The van der Waals surface area contributed by atoms with E-state index in [9.17, 15) is 4.79 Å². The Morgan fingerprint density at radius 1 is 1.32 bits per heavy atom. The minimum Gasteiger partial charge on any atom is -0.466 e. The van der Waals surface area contributed by atoms with Crippen LogP contribution in [-0.2, 0) is 16.0 Å². The zero-order chi connectivity index (χ0) is 17.8. The van der Waals surface area contributed by atoms with Gasteiger partial charge in [-0.2, -0.15) is 0 Å². The maximum atomic E-state index is 11.9. The van der Waals surface area contributed by atoms with Crippen LogP contribution in [0.2, 0.25) is 0 Å². The molecule has 3 heterocycles. The van der Waals surface area contributed by atoms with Gasteiger partial charge in [0.25, 0.3) is 0 Å². The number of carbonyl (C=O) groups is 1. The van der Waals surface area contributed by atoms with Crippen molar-refractivity contribution in [3.63, 3.8) is 0 Å². The van der Waals surface area contributed by atoms with E-state index >= 15 is 0 Å². The summed E-state index contributed by atoms with van der Waals surface area (Å²) in [6, 6.07) is 3.83. The summed E-state index contributed by atoms with van der Waals surface area (Å²) < 4.78 is 6.87. The zero-order valence-electron chi connectivity index (χ0n) is 14.6. The minimum atomic E-state index is -0.318. The average molecular weight is 339 g/mol. The van der Waals surface area contributed by atoms with Crippen molar-refractivity contribution in [3.05, 3.63) is 42.2 Å². The van der Waals surface area contributed by atoms with Gasteiger partial charge in [0.2, 0.25) is 0 Å². The lowest BCUT2D eigenvalue weighted by atomic mass is 10.0. The summed E-state index contributed by atoms with van der Waals surface area (Å²) in [5.41, 5.74) is 3.23. The first-order valence-electron chi connectivity index (χ1n) is 8.44. The third-order valence-corrected chi connectivity index (χ3v) is 4.13. The number of nitrogens with zero attached hydrogens (tertiary/aromatic N) is 5. The van der Waals surface area contributed by atoms with Crippen LogP contribution in [-0.4, -0.2) is 37.1 Å². The Morgan fingerprint density at radius 2 is 2.16 bits per heavy atom. The highest BCUT2D eigenvalue weighted by molar-refractivity contribution is 5.72. The number of pyridine rings is 1. The van der Waals surface area contributed by atoms with Crippen molar-refractivity contribution in [3.8, 4) is 11.3 Å². The van der Waals surface area contributed by atoms with Crippen LogP contribution in [0.25, 0.3) is 16.9 Å². The van der Waals surface area contributed by atoms with Crippen molar-refractivity contribution in [2.75, 3.05) is 6.61 Å². The summed E-state index contributed by atoms with van der Waals surface area (Å²) in [4.78, 5) is 20.8. The molecule has 0 fully saturated rings. The maximum Gasteiger partial charge on any atom is 0.313 e. The molecule has 1 atom stereocenters. The van der Waals surface area contributed by atoms with Crippen LogP contribution in [0, 0.1) is 0 Å². The molecule has 0 aliphatic carbocycles. The van der Waals surface area contributed by atoms with Crippen LogP contribution in [0.3, 0.4) is 0 Å². The smallest absolute Gasteiger partial charge is 0.313 e. The van der Waals surface area contributed by atoms with Crippen molar-refractivity contribution in [2.24, 2.45) is 0 Å². The molecule has 0 radical (unpaired) electrons. The second-order valence-electron chi connectivity index (χ2n) is 5.85. The van der Waals surface area contributed by atoms with E-state index in [-0.39, 0.29) is 18.3 Å². The lowest BCUT2D eigenvalue weighted by Gasteiger charge is -2.12. The molecule has 3 aromatic heterocycles. The fourth-order valence-electron chi connectivity index (χ4n) is 2.60. The number of fused-ring (bicyclic) bond motifs is 1. The lowest BCUT2D eigenvalue weighted by Crippen LogP contribution is -2.11. The number of esters is 1. The van der Waals surface area contributed by atoms with E-state index < -0.39 is 0 Å². The zero-order valence-corrected chi connectivity index (χ0v) is 14.6. The predicted molar refractivity (Wildman–Crippen MR) is 93.1 cm³/mol. The second-order valence-corrected chi connectivity index (χ2v) is 5.85. The van der Waals surface area contributed by atoms with Gasteiger partial charge in [-0.15, -0.1) is 10.2 Å². The monoisotopic (exact) mass is 339 g/mol. The molecule has 0 amide bonds. The van der Waals surface area contributed by atoms with E-state index in [1.165, 1.54) is 0 Å². The van der Waals surface area contributed by atoms with E-state index in [2.05, 4.69) is 29.0 Å². The van der Waals surface area contributed by atoms with Crippen LogP contribution in [0.15, 0.2) is 30.7 Å². The normalized spacial score (nSPS) is 12.3. The minimum absolute atomic E-state index is 0.0748. The first kappa shape index (κ1) is 17.0. The van der Waals surface area contributed by atoms with Gasteiger partial charge in [-0.1, -0.05) is 13.8 Å². The molecular weight excluding hydrogens is 318 g/mol. The van der Waals surface area contributed by atoms with Crippen LogP contribution < -0.4 is 0 Å². The number of aromatic nitrogens is 5. The summed E-state index contributed by atoms with van der Waals surface area (Å²) in [6.45, 7) is 6.34. The molecule has 3 aromatic rings. The SMILES string of the molecule is CCOC(=O)Cc1nnc2c(C(C)CC)nc(-c3cccnc3)cn12. The summed E-state index contributed by atoms with van der Waals surface area (Å²) in [6.07, 6.45) is 6.35. The highest BCUT2D eigenvalue weighted by Crippen LogP contribution is 2.25. The van der Waals surface area contributed by atoms with E-state index in [0.717, 1.165) is 23.4 Å². The van der Waals surface area contributed by atoms with Crippen LogP contribution >= 0.6 is 0 Å². The quantitative estimate of drug-likeness (QED) is 0.642. The Hall–Kier alpha value is -2.83. The molecule has 0 saturated heterocycles. The predicted octanol–water partition coefficient (Wildman–Crippen LogP) is 2.81. The molecule has 0 aliphatic rings. The lowest BCUT2D eigenvalue weighted by molar-refractivity contribution is -0.142. The van der Waals surface area contributed by atoms with Crippen LogP contribution in [0.1, 0.15) is 44.6 Å². The Labute approximate surface area is 146 Å². The number of hydrogen-bond donors (Lipinski definition) is 0. The molecule has 7 nitrogen and oxygen atoms in total. The molecule has 0 N–H and O–H groups in total.